The van der Waals surface area contributed by atoms with Gasteiger partial charge in [0.05, 0.1) is 6.61 Å². The minimum Gasteiger partial charge on any atom is -0.493 e. The summed E-state index contributed by atoms with van der Waals surface area (Å²) < 4.78 is 10.8. The average molecular weight is 336 g/mol. The predicted molar refractivity (Wildman–Crippen MR) is 85.5 cm³/mol. The van der Waals surface area contributed by atoms with Crippen molar-refractivity contribution in [2.45, 2.75) is 22.3 Å². The smallest absolute Gasteiger partial charge is 0.405 e. The number of ether oxygens (including phenoxy) is 2. The van der Waals surface area contributed by atoms with Crippen molar-refractivity contribution in [3.8, 4) is 5.75 Å². The highest BCUT2D eigenvalue weighted by Crippen LogP contribution is 2.38. The normalized spacial score (nSPS) is 16.5. The van der Waals surface area contributed by atoms with Crippen LogP contribution in [0, 0.1) is 0 Å². The minimum absolute atomic E-state index is 0.355. The van der Waals surface area contributed by atoms with Crippen LogP contribution in [0.2, 0.25) is 5.02 Å². The second-order valence-electron chi connectivity index (χ2n) is 4.82. The molecule has 0 aromatic heterocycles. The topological polar surface area (TPSA) is 61.6 Å². The Morgan fingerprint density at radius 3 is 2.68 bits per heavy atom. The Morgan fingerprint density at radius 1 is 1.23 bits per heavy atom. The number of primary amides is 1. The quantitative estimate of drug-likeness (QED) is 0.902. The molecule has 0 saturated heterocycles. The molecule has 2 N–H and O–H groups in total. The molecular weight excluding hydrogens is 322 g/mol. The van der Waals surface area contributed by atoms with Crippen molar-refractivity contribution in [1.29, 1.82) is 0 Å². The first kappa shape index (κ1) is 15.1. The number of fused-ring (bicyclic) bond motifs is 1. The summed E-state index contributed by atoms with van der Waals surface area (Å²) in [5.74, 6) is 0.734. The van der Waals surface area contributed by atoms with Crippen LogP contribution in [-0.4, -0.2) is 12.7 Å². The molecule has 22 heavy (non-hydrogen) atoms. The summed E-state index contributed by atoms with van der Waals surface area (Å²) in [4.78, 5) is 13.1. The molecule has 1 aliphatic heterocycles. The molecule has 114 valence electrons. The van der Waals surface area contributed by atoms with Crippen molar-refractivity contribution in [2.75, 3.05) is 6.61 Å². The first-order valence-corrected chi connectivity index (χ1v) is 7.97. The van der Waals surface area contributed by atoms with E-state index in [4.69, 9.17) is 26.8 Å². The Bertz CT molecular complexity index is 690. The van der Waals surface area contributed by atoms with E-state index in [-0.39, 0.29) is 6.10 Å². The zero-order chi connectivity index (χ0) is 15.5. The van der Waals surface area contributed by atoms with Crippen molar-refractivity contribution in [3.05, 3.63) is 53.1 Å². The minimum atomic E-state index is -0.770. The lowest BCUT2D eigenvalue weighted by molar-refractivity contribution is 0.0763. The van der Waals surface area contributed by atoms with E-state index < -0.39 is 6.09 Å². The molecule has 1 atom stereocenters. The van der Waals surface area contributed by atoms with E-state index in [0.29, 0.717) is 18.1 Å². The van der Waals surface area contributed by atoms with E-state index in [0.717, 1.165) is 21.1 Å². The number of hydrogen-bond donors (Lipinski definition) is 1. The van der Waals surface area contributed by atoms with Gasteiger partial charge < -0.3 is 15.2 Å². The molecule has 0 aliphatic carbocycles. The standard InChI is InChI=1S/C16H14ClNO3S/c17-10-1-3-11(4-2-10)22-12-5-6-14-13(9-12)15(7-8-20-14)21-16(18)19/h1-6,9,15H,7-8H2,(H2,18,19). The van der Waals surface area contributed by atoms with Crippen LogP contribution in [0.15, 0.2) is 52.3 Å². The molecule has 3 rings (SSSR count). The lowest BCUT2D eigenvalue weighted by Gasteiger charge is -2.25. The third-order valence-electron chi connectivity index (χ3n) is 3.27. The van der Waals surface area contributed by atoms with Gasteiger partial charge in [0, 0.05) is 26.8 Å². The second kappa shape index (κ2) is 6.50. The van der Waals surface area contributed by atoms with E-state index in [2.05, 4.69) is 0 Å². The molecule has 2 aromatic rings. The van der Waals surface area contributed by atoms with Gasteiger partial charge in [-0.05, 0) is 42.5 Å². The molecule has 1 heterocycles. The molecule has 0 spiro atoms. The monoisotopic (exact) mass is 335 g/mol. The molecule has 1 amide bonds. The summed E-state index contributed by atoms with van der Waals surface area (Å²) in [5.41, 5.74) is 5.99. The second-order valence-corrected chi connectivity index (χ2v) is 6.40. The molecule has 4 nitrogen and oxygen atoms in total. The summed E-state index contributed by atoms with van der Waals surface area (Å²) in [6.45, 7) is 0.509. The summed E-state index contributed by atoms with van der Waals surface area (Å²) in [6, 6.07) is 13.5. The Hall–Kier alpha value is -1.85. The van der Waals surface area contributed by atoms with Crippen molar-refractivity contribution >= 4 is 29.5 Å². The van der Waals surface area contributed by atoms with Gasteiger partial charge >= 0.3 is 6.09 Å². The fraction of sp³-hybridized carbons (Fsp3) is 0.188. The van der Waals surface area contributed by atoms with Gasteiger partial charge in [-0.25, -0.2) is 4.79 Å². The van der Waals surface area contributed by atoms with E-state index >= 15 is 0 Å². The number of carbonyl (C=O) groups excluding carboxylic acids is 1. The number of rotatable bonds is 3. The third kappa shape index (κ3) is 3.48. The predicted octanol–water partition coefficient (Wildman–Crippen LogP) is 4.41. The highest BCUT2D eigenvalue weighted by atomic mass is 35.5. The van der Waals surface area contributed by atoms with Gasteiger partial charge in [0.25, 0.3) is 0 Å². The summed E-state index contributed by atoms with van der Waals surface area (Å²) in [5, 5.41) is 0.707. The lowest BCUT2D eigenvalue weighted by Crippen LogP contribution is -2.22. The van der Waals surface area contributed by atoms with Crippen LogP contribution in [0.1, 0.15) is 18.1 Å². The summed E-state index contributed by atoms with van der Waals surface area (Å²) in [6.07, 6.45) is -0.522. The fourth-order valence-electron chi connectivity index (χ4n) is 2.31. The highest BCUT2D eigenvalue weighted by molar-refractivity contribution is 7.99. The number of hydrogen-bond acceptors (Lipinski definition) is 4. The number of benzene rings is 2. The van der Waals surface area contributed by atoms with Crippen LogP contribution in [0.25, 0.3) is 0 Å². The van der Waals surface area contributed by atoms with Crippen molar-refractivity contribution < 1.29 is 14.3 Å². The van der Waals surface area contributed by atoms with Crippen LogP contribution in [0.3, 0.4) is 0 Å². The Labute approximate surface area is 137 Å². The summed E-state index contributed by atoms with van der Waals surface area (Å²) >= 11 is 7.50. The zero-order valence-corrected chi connectivity index (χ0v) is 13.2. The van der Waals surface area contributed by atoms with Crippen molar-refractivity contribution in [2.24, 2.45) is 5.73 Å². The number of carbonyl (C=O) groups is 1. The first-order chi connectivity index (χ1) is 10.6. The summed E-state index contributed by atoms with van der Waals surface area (Å²) in [7, 11) is 0. The van der Waals surface area contributed by atoms with Gasteiger partial charge in [-0.1, -0.05) is 23.4 Å². The number of amides is 1. The molecule has 1 aliphatic rings. The van der Waals surface area contributed by atoms with Gasteiger partial charge in [0.15, 0.2) is 0 Å². The molecular formula is C16H14ClNO3S. The van der Waals surface area contributed by atoms with Crippen LogP contribution in [-0.2, 0) is 4.74 Å². The van der Waals surface area contributed by atoms with E-state index in [1.165, 1.54) is 0 Å². The Kier molecular flexibility index (Phi) is 4.45. The molecule has 0 fully saturated rings. The molecule has 0 radical (unpaired) electrons. The third-order valence-corrected chi connectivity index (χ3v) is 4.52. The average Bonchev–Trinajstić information content (AvgIpc) is 2.50. The first-order valence-electron chi connectivity index (χ1n) is 6.78. The zero-order valence-electron chi connectivity index (χ0n) is 11.6. The van der Waals surface area contributed by atoms with Crippen molar-refractivity contribution in [3.63, 3.8) is 0 Å². The van der Waals surface area contributed by atoms with Crippen LogP contribution in [0.4, 0.5) is 4.79 Å². The van der Waals surface area contributed by atoms with E-state index in [1.54, 1.807) is 11.8 Å². The molecule has 1 unspecified atom stereocenters. The number of nitrogens with two attached hydrogens (primary N) is 1. The maximum atomic E-state index is 11.0. The molecule has 2 aromatic carbocycles. The largest absolute Gasteiger partial charge is 0.493 e. The number of halogens is 1. The maximum Gasteiger partial charge on any atom is 0.405 e. The lowest BCUT2D eigenvalue weighted by atomic mass is 10.0. The van der Waals surface area contributed by atoms with Crippen molar-refractivity contribution in [1.82, 2.24) is 0 Å². The van der Waals surface area contributed by atoms with Crippen LogP contribution < -0.4 is 10.5 Å². The van der Waals surface area contributed by atoms with Gasteiger partial charge in [0.2, 0.25) is 0 Å². The van der Waals surface area contributed by atoms with Gasteiger partial charge in [-0.2, -0.15) is 0 Å². The SMILES string of the molecule is NC(=O)OC1CCOc2ccc(Sc3ccc(Cl)cc3)cc21. The molecule has 0 bridgehead atoms. The van der Waals surface area contributed by atoms with Crippen LogP contribution in [0.5, 0.6) is 5.75 Å². The van der Waals surface area contributed by atoms with E-state index in [9.17, 15) is 4.79 Å². The van der Waals surface area contributed by atoms with E-state index in [1.807, 2.05) is 42.5 Å². The maximum absolute atomic E-state index is 11.0. The van der Waals surface area contributed by atoms with Gasteiger partial charge in [-0.3, -0.25) is 0 Å². The molecule has 0 saturated carbocycles. The van der Waals surface area contributed by atoms with Gasteiger partial charge in [-0.15, -0.1) is 0 Å². The van der Waals surface area contributed by atoms with Gasteiger partial charge in [0.1, 0.15) is 11.9 Å². The van der Waals surface area contributed by atoms with Crippen LogP contribution >= 0.6 is 23.4 Å². The fourth-order valence-corrected chi connectivity index (χ4v) is 3.30. The molecule has 6 heteroatoms. The highest BCUT2D eigenvalue weighted by Gasteiger charge is 2.24. The Morgan fingerprint density at radius 2 is 1.95 bits per heavy atom. The Balaban J connectivity index is 1.85.